The van der Waals surface area contributed by atoms with Crippen LogP contribution in [0.3, 0.4) is 0 Å². The Morgan fingerprint density at radius 2 is 2.03 bits per heavy atom. The van der Waals surface area contributed by atoms with E-state index in [2.05, 4.69) is 20.9 Å². The van der Waals surface area contributed by atoms with Gasteiger partial charge in [0.05, 0.1) is 46.7 Å². The SMILES string of the molecule is CCOC(=O)C1=C(C)N=c2s/c(=C/c3cc(Br)cc(Cl)c3O)c(=O)n2[C@@H]1c1ccc(OC(C)C)c(OC)c1. The maximum atomic E-state index is 13.8. The van der Waals surface area contributed by atoms with Crippen LogP contribution in [0.25, 0.3) is 6.08 Å². The highest BCUT2D eigenvalue weighted by Crippen LogP contribution is 2.37. The van der Waals surface area contributed by atoms with Gasteiger partial charge in [-0.15, -0.1) is 0 Å². The molecule has 0 unspecified atom stereocenters. The zero-order chi connectivity index (χ0) is 27.7. The van der Waals surface area contributed by atoms with Gasteiger partial charge in [-0.05, 0) is 63.6 Å². The lowest BCUT2D eigenvalue weighted by atomic mass is 9.95. The molecule has 0 aliphatic carbocycles. The van der Waals surface area contributed by atoms with Crippen molar-refractivity contribution < 1.29 is 24.1 Å². The molecule has 1 N–H and O–H groups in total. The molecule has 1 aromatic heterocycles. The van der Waals surface area contributed by atoms with E-state index in [4.69, 9.17) is 25.8 Å². The topological polar surface area (TPSA) is 99.4 Å². The molecule has 8 nitrogen and oxygen atoms in total. The number of ether oxygens (including phenoxy) is 3. The minimum absolute atomic E-state index is 0.0763. The number of halogens is 2. The third-order valence-corrected chi connectivity index (χ3v) is 7.46. The van der Waals surface area contributed by atoms with E-state index in [0.29, 0.717) is 42.1 Å². The molecule has 3 aromatic rings. The average Bonchev–Trinajstić information content (AvgIpc) is 3.15. The number of hydrogen-bond donors (Lipinski definition) is 1. The van der Waals surface area contributed by atoms with Crippen molar-refractivity contribution in [3.05, 3.63) is 81.9 Å². The highest BCUT2D eigenvalue weighted by atomic mass is 79.9. The highest BCUT2D eigenvalue weighted by Gasteiger charge is 2.34. The number of methoxy groups -OCH3 is 1. The van der Waals surface area contributed by atoms with E-state index in [1.54, 1.807) is 50.3 Å². The van der Waals surface area contributed by atoms with Crippen LogP contribution in [0, 0.1) is 0 Å². The van der Waals surface area contributed by atoms with Crippen LogP contribution in [-0.2, 0) is 9.53 Å². The fourth-order valence-electron chi connectivity index (χ4n) is 4.15. The van der Waals surface area contributed by atoms with E-state index in [-0.39, 0.29) is 34.6 Å². The molecule has 1 aliphatic heterocycles. The molecule has 1 aliphatic rings. The zero-order valence-corrected chi connectivity index (χ0v) is 24.5. The Morgan fingerprint density at radius 3 is 2.68 bits per heavy atom. The summed E-state index contributed by atoms with van der Waals surface area (Å²) in [4.78, 5) is 31.9. The van der Waals surface area contributed by atoms with E-state index in [1.165, 1.54) is 11.7 Å². The van der Waals surface area contributed by atoms with Gasteiger partial charge >= 0.3 is 5.97 Å². The lowest BCUT2D eigenvalue weighted by molar-refractivity contribution is -0.139. The molecule has 0 fully saturated rings. The van der Waals surface area contributed by atoms with Crippen molar-refractivity contribution in [1.82, 2.24) is 4.57 Å². The van der Waals surface area contributed by atoms with Crippen LogP contribution in [0.1, 0.15) is 44.9 Å². The molecule has 0 amide bonds. The Kier molecular flexibility index (Phi) is 8.34. The van der Waals surface area contributed by atoms with Crippen LogP contribution in [0.5, 0.6) is 17.2 Å². The number of aromatic hydroxyl groups is 1. The Hall–Kier alpha value is -3.08. The molecular weight excluding hydrogens is 596 g/mol. The second-order valence-corrected chi connectivity index (χ2v) is 11.0. The van der Waals surface area contributed by atoms with Gasteiger partial charge in [0.2, 0.25) is 0 Å². The molecule has 200 valence electrons. The first kappa shape index (κ1) is 27.9. The molecule has 2 heterocycles. The van der Waals surface area contributed by atoms with Gasteiger partial charge in [-0.3, -0.25) is 9.36 Å². The molecular formula is C27H26BrClN2O6S. The molecule has 2 aromatic carbocycles. The summed E-state index contributed by atoms with van der Waals surface area (Å²) in [5.41, 5.74) is 1.29. The zero-order valence-electron chi connectivity index (χ0n) is 21.4. The van der Waals surface area contributed by atoms with Crippen LogP contribution in [0.2, 0.25) is 5.02 Å². The lowest BCUT2D eigenvalue weighted by Crippen LogP contribution is -2.40. The molecule has 11 heteroatoms. The smallest absolute Gasteiger partial charge is 0.338 e. The minimum atomic E-state index is -0.825. The van der Waals surface area contributed by atoms with Gasteiger partial charge < -0.3 is 19.3 Å². The van der Waals surface area contributed by atoms with Crippen LogP contribution in [-0.4, -0.2) is 35.5 Å². The molecule has 0 bridgehead atoms. The van der Waals surface area contributed by atoms with Crippen LogP contribution in [0.15, 0.2) is 55.9 Å². The predicted octanol–water partition coefficient (Wildman–Crippen LogP) is 4.72. The lowest BCUT2D eigenvalue weighted by Gasteiger charge is -2.25. The number of phenolic OH excluding ortho intramolecular Hbond substituents is 1. The first-order valence-electron chi connectivity index (χ1n) is 11.8. The van der Waals surface area contributed by atoms with Gasteiger partial charge in [-0.2, -0.15) is 0 Å². The summed E-state index contributed by atoms with van der Waals surface area (Å²) in [6.07, 6.45) is 1.48. The van der Waals surface area contributed by atoms with Crippen molar-refractivity contribution in [3.63, 3.8) is 0 Å². The number of allylic oxidation sites excluding steroid dienone is 1. The average molecular weight is 622 g/mol. The Morgan fingerprint density at radius 1 is 1.29 bits per heavy atom. The molecule has 0 radical (unpaired) electrons. The first-order valence-corrected chi connectivity index (χ1v) is 13.8. The quantitative estimate of drug-likeness (QED) is 0.384. The van der Waals surface area contributed by atoms with Gasteiger partial charge in [0.25, 0.3) is 5.56 Å². The van der Waals surface area contributed by atoms with Gasteiger partial charge in [0, 0.05) is 10.0 Å². The van der Waals surface area contributed by atoms with Gasteiger partial charge in [-0.1, -0.05) is 44.9 Å². The van der Waals surface area contributed by atoms with Crippen molar-refractivity contribution >= 4 is 50.9 Å². The van der Waals surface area contributed by atoms with Crippen LogP contribution in [0.4, 0.5) is 0 Å². The molecule has 1 atom stereocenters. The number of carbonyl (C=O) groups excluding carboxylic acids is 1. The molecule has 4 rings (SSSR count). The third kappa shape index (κ3) is 5.39. The Labute approximate surface area is 236 Å². The van der Waals surface area contributed by atoms with Gasteiger partial charge in [0.15, 0.2) is 16.3 Å². The largest absolute Gasteiger partial charge is 0.506 e. The Balaban J connectivity index is 1.97. The van der Waals surface area contributed by atoms with Crippen molar-refractivity contribution in [2.24, 2.45) is 4.99 Å². The number of hydrogen-bond acceptors (Lipinski definition) is 8. The standard InChI is InChI=1S/C27H26BrClN2O6S/c1-6-36-26(34)22-14(4)30-27-31(23(22)15-7-8-19(37-13(2)3)20(10-15)35-5)25(33)21(38-27)11-16-9-17(28)12-18(29)24(16)32/h7-13,23,32H,6H2,1-5H3/b21-11+/t23-/m1/s1. The number of rotatable bonds is 7. The molecule has 0 spiro atoms. The van der Waals surface area contributed by atoms with E-state index >= 15 is 0 Å². The van der Waals surface area contributed by atoms with E-state index in [0.717, 1.165) is 11.3 Å². The van der Waals surface area contributed by atoms with Crippen molar-refractivity contribution in [2.75, 3.05) is 13.7 Å². The molecule has 0 saturated heterocycles. The normalized spacial score (nSPS) is 15.4. The minimum Gasteiger partial charge on any atom is -0.506 e. The molecule has 38 heavy (non-hydrogen) atoms. The van der Waals surface area contributed by atoms with Crippen molar-refractivity contribution in [1.29, 1.82) is 0 Å². The van der Waals surface area contributed by atoms with E-state index < -0.39 is 12.0 Å². The number of carbonyl (C=O) groups is 1. The van der Waals surface area contributed by atoms with Crippen LogP contribution >= 0.6 is 38.9 Å². The second kappa shape index (κ2) is 11.3. The summed E-state index contributed by atoms with van der Waals surface area (Å²) in [6, 6.07) is 7.69. The number of thiazole rings is 1. The summed E-state index contributed by atoms with van der Waals surface area (Å²) in [5.74, 6) is 0.293. The summed E-state index contributed by atoms with van der Waals surface area (Å²) in [5, 5.41) is 10.6. The number of aromatic nitrogens is 1. The number of esters is 1. The second-order valence-electron chi connectivity index (χ2n) is 8.70. The van der Waals surface area contributed by atoms with Crippen molar-refractivity contribution in [3.8, 4) is 17.2 Å². The summed E-state index contributed by atoms with van der Waals surface area (Å²) in [6.45, 7) is 7.41. The summed E-state index contributed by atoms with van der Waals surface area (Å²) in [7, 11) is 1.53. The van der Waals surface area contributed by atoms with Gasteiger partial charge in [-0.25, -0.2) is 9.79 Å². The summed E-state index contributed by atoms with van der Waals surface area (Å²) < 4.78 is 19.2. The monoisotopic (exact) mass is 620 g/mol. The van der Waals surface area contributed by atoms with Crippen molar-refractivity contribution in [2.45, 2.75) is 39.8 Å². The maximum absolute atomic E-state index is 13.8. The summed E-state index contributed by atoms with van der Waals surface area (Å²) >= 11 is 10.6. The number of phenols is 1. The van der Waals surface area contributed by atoms with Crippen LogP contribution < -0.4 is 24.4 Å². The highest BCUT2D eigenvalue weighted by molar-refractivity contribution is 9.10. The fraction of sp³-hybridized carbons (Fsp3) is 0.296. The Bertz CT molecular complexity index is 1630. The van der Waals surface area contributed by atoms with E-state index in [9.17, 15) is 14.7 Å². The number of nitrogens with zero attached hydrogens (tertiary/aromatic N) is 2. The molecule has 0 saturated carbocycles. The fourth-order valence-corrected chi connectivity index (χ4v) is 6.02. The third-order valence-electron chi connectivity index (χ3n) is 5.73. The number of fused-ring (bicyclic) bond motifs is 1. The van der Waals surface area contributed by atoms with Gasteiger partial charge in [0.1, 0.15) is 5.75 Å². The first-order chi connectivity index (χ1) is 18.0. The van der Waals surface area contributed by atoms with E-state index in [1.807, 2.05) is 13.8 Å². The maximum Gasteiger partial charge on any atom is 0.338 e. The predicted molar refractivity (Wildman–Crippen MR) is 150 cm³/mol. The number of benzene rings is 2.